The van der Waals surface area contributed by atoms with Gasteiger partial charge in [0.2, 0.25) is 0 Å². The first-order chi connectivity index (χ1) is 21.7. The van der Waals surface area contributed by atoms with E-state index in [0.29, 0.717) is 17.5 Å². The third-order valence-corrected chi connectivity index (χ3v) is 8.93. The molecule has 0 bridgehead atoms. The molecule has 2 saturated carbocycles. The second-order valence-electron chi connectivity index (χ2n) is 13.7. The summed E-state index contributed by atoms with van der Waals surface area (Å²) in [5.74, 6) is 1.08. The molecule has 3 fully saturated rings. The van der Waals surface area contributed by atoms with E-state index >= 15 is 0 Å². The third-order valence-electron chi connectivity index (χ3n) is 8.93. The van der Waals surface area contributed by atoms with Crippen LogP contribution in [0, 0.1) is 17.8 Å². The fraction of sp³-hybridized carbons (Fsp3) is 0.594. The fourth-order valence-corrected chi connectivity index (χ4v) is 6.32. The molecule has 2 aromatic heterocycles. The van der Waals surface area contributed by atoms with Gasteiger partial charge in [-0.25, -0.2) is 24.1 Å². The quantitative estimate of drug-likeness (QED) is 0.310. The lowest BCUT2D eigenvalue weighted by molar-refractivity contribution is -0.277. The van der Waals surface area contributed by atoms with Crippen LogP contribution < -0.4 is 5.32 Å². The normalized spacial score (nSPS) is 23.0. The number of nitrogens with zero attached hydrogens (tertiary/aromatic N) is 5. The van der Waals surface area contributed by atoms with Gasteiger partial charge in [0.1, 0.15) is 12.2 Å². The summed E-state index contributed by atoms with van der Waals surface area (Å²) < 4.78 is 54.3. The van der Waals surface area contributed by atoms with Crippen LogP contribution in [0.4, 0.5) is 22.8 Å². The molecule has 2 amide bonds. The Hall–Kier alpha value is -3.94. The predicted octanol–water partition coefficient (Wildman–Crippen LogP) is 5.89. The summed E-state index contributed by atoms with van der Waals surface area (Å²) in [5, 5.41) is 18.0. The Morgan fingerprint density at radius 2 is 1.76 bits per heavy atom. The Kier molecular flexibility index (Phi) is 8.36. The van der Waals surface area contributed by atoms with Gasteiger partial charge in [-0.15, -0.1) is 0 Å². The van der Waals surface area contributed by atoms with E-state index < -0.39 is 61.0 Å². The summed E-state index contributed by atoms with van der Waals surface area (Å²) in [6.45, 7) is 4.68. The van der Waals surface area contributed by atoms with Gasteiger partial charge in [-0.3, -0.25) is 4.90 Å². The highest BCUT2D eigenvalue weighted by atomic mass is 19.4. The molecule has 11 nitrogen and oxygen atoms in total. The molecule has 3 atom stereocenters. The molecular weight excluding hydrogens is 605 g/mol. The van der Waals surface area contributed by atoms with Gasteiger partial charge in [-0.05, 0) is 69.8 Å². The van der Waals surface area contributed by atoms with Gasteiger partial charge < -0.3 is 19.9 Å². The number of carbonyl (C=O) groups is 2. The number of benzene rings is 1. The molecule has 6 rings (SSSR count). The number of halogens is 3. The average Bonchev–Trinajstić information content (AvgIpc) is 3.93. The van der Waals surface area contributed by atoms with E-state index in [-0.39, 0.29) is 24.0 Å². The van der Waals surface area contributed by atoms with Crippen LogP contribution in [0.3, 0.4) is 0 Å². The summed E-state index contributed by atoms with van der Waals surface area (Å²) in [7, 11) is 0. The number of rotatable bonds is 8. The summed E-state index contributed by atoms with van der Waals surface area (Å²) in [4.78, 5) is 36.5. The molecule has 1 saturated heterocycles. The molecule has 46 heavy (non-hydrogen) atoms. The Labute approximate surface area is 264 Å². The van der Waals surface area contributed by atoms with Crippen LogP contribution in [0.15, 0.2) is 42.7 Å². The van der Waals surface area contributed by atoms with Crippen molar-refractivity contribution in [2.75, 3.05) is 6.54 Å². The number of hydrogen-bond acceptors (Lipinski definition) is 8. The van der Waals surface area contributed by atoms with Gasteiger partial charge in [0.15, 0.2) is 5.60 Å². The highest BCUT2D eigenvalue weighted by Crippen LogP contribution is 2.54. The van der Waals surface area contributed by atoms with Crippen LogP contribution in [0.5, 0.6) is 0 Å². The number of amides is 2. The first-order valence-corrected chi connectivity index (χ1v) is 15.7. The summed E-state index contributed by atoms with van der Waals surface area (Å²) >= 11 is 0. The first kappa shape index (κ1) is 32.0. The zero-order chi connectivity index (χ0) is 32.9. The fourth-order valence-electron chi connectivity index (χ4n) is 6.32. The number of imidazole rings is 1. The first-order valence-electron chi connectivity index (χ1n) is 15.7. The Morgan fingerprint density at radius 3 is 2.37 bits per heavy atom. The van der Waals surface area contributed by atoms with Gasteiger partial charge in [0, 0.05) is 19.4 Å². The second kappa shape index (κ2) is 12.0. The summed E-state index contributed by atoms with van der Waals surface area (Å²) in [5.41, 5.74) is -2.52. The van der Waals surface area contributed by atoms with Crippen LogP contribution in [-0.2, 0) is 16.1 Å². The predicted molar refractivity (Wildman–Crippen MR) is 158 cm³/mol. The molecule has 2 unspecified atom stereocenters. The maximum atomic E-state index is 13.9. The molecule has 2 aliphatic carbocycles. The molecule has 248 valence electrons. The number of nitrogens with one attached hydrogen (secondary N) is 1. The van der Waals surface area contributed by atoms with E-state index in [1.54, 1.807) is 27.0 Å². The minimum Gasteiger partial charge on any atom is -0.445 e. The van der Waals surface area contributed by atoms with Gasteiger partial charge in [0.25, 0.3) is 5.78 Å². The molecule has 1 aliphatic heterocycles. The van der Waals surface area contributed by atoms with Crippen molar-refractivity contribution in [1.29, 1.82) is 0 Å². The van der Waals surface area contributed by atoms with Gasteiger partial charge in [-0.2, -0.15) is 18.3 Å². The Morgan fingerprint density at radius 1 is 1.09 bits per heavy atom. The number of aliphatic hydroxyl groups is 1. The van der Waals surface area contributed by atoms with Gasteiger partial charge >= 0.3 is 18.4 Å². The number of likely N-dealkylation sites (tertiary alicyclic amines) is 1. The van der Waals surface area contributed by atoms with Crippen molar-refractivity contribution >= 4 is 18.0 Å². The SMILES string of the molecule is CC(C)(C)OC(=O)N1CCC(O)(C(F)(F)F)CC1c1cnn2cc([C@@H](NC(=O)OCc3ccccc3)C(C3CC3)C3CC3)nc2n1. The second-order valence-corrected chi connectivity index (χ2v) is 13.7. The number of alkyl halides is 3. The van der Waals surface area contributed by atoms with Crippen molar-refractivity contribution < 1.29 is 37.3 Å². The lowest BCUT2D eigenvalue weighted by Gasteiger charge is -2.44. The highest BCUT2D eigenvalue weighted by Gasteiger charge is 2.58. The molecular formula is C32H39F3N6O5. The number of carbonyl (C=O) groups excluding carboxylic acids is 2. The van der Waals surface area contributed by atoms with E-state index in [1.165, 1.54) is 10.7 Å². The van der Waals surface area contributed by atoms with E-state index in [9.17, 15) is 27.9 Å². The van der Waals surface area contributed by atoms with Crippen molar-refractivity contribution in [3.05, 3.63) is 59.7 Å². The zero-order valence-electron chi connectivity index (χ0n) is 26.0. The topological polar surface area (TPSA) is 131 Å². The van der Waals surface area contributed by atoms with Crippen molar-refractivity contribution in [3.63, 3.8) is 0 Å². The van der Waals surface area contributed by atoms with Crippen LogP contribution in [0.1, 0.15) is 88.3 Å². The van der Waals surface area contributed by atoms with E-state index in [4.69, 9.17) is 14.5 Å². The largest absolute Gasteiger partial charge is 0.445 e. The monoisotopic (exact) mass is 644 g/mol. The standard InChI is InChI=1S/C32H39F3N6O5/c1-30(2,3)46-29(43)40-14-13-31(44,32(33,34)35)15-24(40)22-16-36-41-17-23(38-27(41)37-22)26(25(20-9-10-20)21-11-12-21)39-28(42)45-18-19-7-5-4-6-8-19/h4-8,16-17,20-21,24-26,44H,9-15,18H2,1-3H3,(H,39,42)/t24?,26-,31?/m1/s1. The molecule has 14 heteroatoms. The van der Waals surface area contributed by atoms with Gasteiger partial charge in [0.05, 0.1) is 35.9 Å². The molecule has 0 radical (unpaired) electrons. The van der Waals surface area contributed by atoms with E-state index in [0.717, 1.165) is 36.1 Å². The maximum Gasteiger partial charge on any atom is 0.417 e. The van der Waals surface area contributed by atoms with Crippen LogP contribution in [0.2, 0.25) is 0 Å². The number of piperidine rings is 1. The van der Waals surface area contributed by atoms with Crippen LogP contribution in [-0.4, -0.2) is 65.7 Å². The van der Waals surface area contributed by atoms with Crippen LogP contribution >= 0.6 is 0 Å². The van der Waals surface area contributed by atoms with E-state index in [1.807, 2.05) is 30.3 Å². The summed E-state index contributed by atoms with van der Waals surface area (Å²) in [6, 6.07) is 7.58. The lowest BCUT2D eigenvalue weighted by Crippen LogP contribution is -2.56. The number of fused-ring (bicyclic) bond motifs is 1. The van der Waals surface area contributed by atoms with Crippen molar-refractivity contribution in [3.8, 4) is 0 Å². The number of aromatic nitrogens is 4. The molecule has 2 N–H and O–H groups in total. The molecule has 1 aromatic carbocycles. The number of hydrogen-bond donors (Lipinski definition) is 2. The minimum absolute atomic E-state index is 0.0330. The van der Waals surface area contributed by atoms with Crippen molar-refractivity contribution in [1.82, 2.24) is 29.8 Å². The molecule has 3 aromatic rings. The number of ether oxygens (including phenoxy) is 2. The van der Waals surface area contributed by atoms with Crippen LogP contribution in [0.25, 0.3) is 5.78 Å². The van der Waals surface area contributed by atoms with Gasteiger partial charge in [-0.1, -0.05) is 30.3 Å². The molecule has 0 spiro atoms. The molecule has 3 heterocycles. The zero-order valence-corrected chi connectivity index (χ0v) is 26.0. The smallest absolute Gasteiger partial charge is 0.417 e. The molecule has 3 aliphatic rings. The number of alkyl carbamates (subject to hydrolysis) is 1. The van der Waals surface area contributed by atoms with E-state index in [2.05, 4.69) is 15.4 Å². The van der Waals surface area contributed by atoms with Crippen molar-refractivity contribution in [2.24, 2.45) is 17.8 Å². The minimum atomic E-state index is -4.92. The Bertz CT molecular complexity index is 1560. The summed E-state index contributed by atoms with van der Waals surface area (Å²) in [6.07, 6.45) is -0.714. The highest BCUT2D eigenvalue weighted by molar-refractivity contribution is 5.69. The van der Waals surface area contributed by atoms with Crippen molar-refractivity contribution in [2.45, 2.75) is 95.4 Å². The average molecular weight is 645 g/mol. The lowest BCUT2D eigenvalue weighted by atomic mass is 9.84. The third kappa shape index (κ3) is 7.06. The Balaban J connectivity index is 1.29. The maximum absolute atomic E-state index is 13.9.